The number of ketones is 1. The molecule has 0 amide bonds. The SMILES string of the molecule is CCOC(=O)c1cc(C(=O)OCC)n(CC(=O)c2ccc(C)cc2)n1. The van der Waals surface area contributed by atoms with Gasteiger partial charge in [-0.15, -0.1) is 0 Å². The van der Waals surface area contributed by atoms with E-state index in [0.29, 0.717) is 5.56 Å². The number of aryl methyl sites for hydroxylation is 1. The van der Waals surface area contributed by atoms with Gasteiger partial charge in [0.2, 0.25) is 0 Å². The number of carbonyl (C=O) groups excluding carboxylic acids is 3. The summed E-state index contributed by atoms with van der Waals surface area (Å²) in [6, 6.07) is 8.34. The van der Waals surface area contributed by atoms with Crippen LogP contribution in [0.25, 0.3) is 0 Å². The maximum absolute atomic E-state index is 12.4. The molecule has 0 bridgehead atoms. The summed E-state index contributed by atoms with van der Waals surface area (Å²) in [5.41, 5.74) is 1.52. The number of aromatic nitrogens is 2. The van der Waals surface area contributed by atoms with Crippen molar-refractivity contribution in [3.63, 3.8) is 0 Å². The van der Waals surface area contributed by atoms with Gasteiger partial charge in [-0.3, -0.25) is 4.79 Å². The van der Waals surface area contributed by atoms with E-state index in [4.69, 9.17) is 9.47 Å². The molecule has 2 aromatic rings. The fourth-order valence-corrected chi connectivity index (χ4v) is 2.18. The molecule has 0 saturated carbocycles. The second kappa shape index (κ2) is 8.23. The quantitative estimate of drug-likeness (QED) is 0.566. The van der Waals surface area contributed by atoms with Gasteiger partial charge in [0.15, 0.2) is 11.5 Å². The smallest absolute Gasteiger partial charge is 0.358 e. The highest BCUT2D eigenvalue weighted by atomic mass is 16.5. The van der Waals surface area contributed by atoms with Crippen LogP contribution >= 0.6 is 0 Å². The first-order chi connectivity index (χ1) is 12.0. The molecule has 0 N–H and O–H groups in total. The first-order valence-electron chi connectivity index (χ1n) is 7.98. The van der Waals surface area contributed by atoms with Crippen LogP contribution in [0.15, 0.2) is 30.3 Å². The van der Waals surface area contributed by atoms with Gasteiger partial charge in [-0.1, -0.05) is 29.8 Å². The zero-order valence-corrected chi connectivity index (χ0v) is 14.4. The van der Waals surface area contributed by atoms with Crippen LogP contribution in [0.2, 0.25) is 0 Å². The largest absolute Gasteiger partial charge is 0.461 e. The summed E-state index contributed by atoms with van der Waals surface area (Å²) in [5, 5.41) is 4.04. The Labute approximate surface area is 145 Å². The lowest BCUT2D eigenvalue weighted by Crippen LogP contribution is -2.18. The van der Waals surface area contributed by atoms with Crippen LogP contribution in [0.1, 0.15) is 50.7 Å². The average molecular weight is 344 g/mol. The third-order valence-corrected chi connectivity index (χ3v) is 3.42. The van der Waals surface area contributed by atoms with Crippen LogP contribution in [0.5, 0.6) is 0 Å². The molecular formula is C18H20N2O5. The van der Waals surface area contributed by atoms with Gasteiger partial charge < -0.3 is 9.47 Å². The monoisotopic (exact) mass is 344 g/mol. The van der Waals surface area contributed by atoms with Crippen molar-refractivity contribution in [1.29, 1.82) is 0 Å². The predicted octanol–water partition coefficient (Wildman–Crippen LogP) is 2.43. The molecule has 7 nitrogen and oxygen atoms in total. The maximum Gasteiger partial charge on any atom is 0.358 e. The van der Waals surface area contributed by atoms with E-state index < -0.39 is 11.9 Å². The van der Waals surface area contributed by atoms with Crippen molar-refractivity contribution in [1.82, 2.24) is 9.78 Å². The average Bonchev–Trinajstić information content (AvgIpc) is 3.00. The van der Waals surface area contributed by atoms with Crippen LogP contribution in [-0.2, 0) is 16.0 Å². The van der Waals surface area contributed by atoms with Gasteiger partial charge >= 0.3 is 11.9 Å². The molecule has 1 heterocycles. The summed E-state index contributed by atoms with van der Waals surface area (Å²) in [7, 11) is 0. The molecular weight excluding hydrogens is 324 g/mol. The number of ether oxygens (including phenoxy) is 2. The predicted molar refractivity (Wildman–Crippen MR) is 89.6 cm³/mol. The number of hydrogen-bond donors (Lipinski definition) is 0. The Bertz CT molecular complexity index is 777. The summed E-state index contributed by atoms with van der Waals surface area (Å²) in [6.45, 7) is 5.43. The van der Waals surface area contributed by atoms with Crippen molar-refractivity contribution in [2.24, 2.45) is 0 Å². The van der Waals surface area contributed by atoms with Crippen LogP contribution in [0.3, 0.4) is 0 Å². The van der Waals surface area contributed by atoms with Gasteiger partial charge in [-0.25, -0.2) is 14.3 Å². The molecule has 0 saturated heterocycles. The van der Waals surface area contributed by atoms with Gasteiger partial charge in [-0.05, 0) is 20.8 Å². The number of nitrogens with zero attached hydrogens (tertiary/aromatic N) is 2. The van der Waals surface area contributed by atoms with Gasteiger partial charge in [0.05, 0.1) is 13.2 Å². The van der Waals surface area contributed by atoms with Gasteiger partial charge in [0, 0.05) is 11.6 Å². The minimum atomic E-state index is -0.658. The topological polar surface area (TPSA) is 87.5 Å². The van der Waals surface area contributed by atoms with E-state index in [1.807, 2.05) is 19.1 Å². The zero-order chi connectivity index (χ0) is 18.4. The lowest BCUT2D eigenvalue weighted by Gasteiger charge is -2.06. The highest BCUT2D eigenvalue weighted by molar-refractivity contribution is 5.97. The van der Waals surface area contributed by atoms with Crippen LogP contribution in [-0.4, -0.2) is 40.7 Å². The highest BCUT2D eigenvalue weighted by Crippen LogP contribution is 2.11. The van der Waals surface area contributed by atoms with Crippen molar-refractivity contribution in [2.75, 3.05) is 13.2 Å². The van der Waals surface area contributed by atoms with Crippen LogP contribution < -0.4 is 0 Å². The molecule has 7 heteroatoms. The number of carbonyl (C=O) groups is 3. The first-order valence-corrected chi connectivity index (χ1v) is 7.98. The highest BCUT2D eigenvalue weighted by Gasteiger charge is 2.22. The summed E-state index contributed by atoms with van der Waals surface area (Å²) >= 11 is 0. The molecule has 0 aliphatic carbocycles. The molecule has 1 aromatic carbocycles. The van der Waals surface area contributed by atoms with Crippen molar-refractivity contribution >= 4 is 17.7 Å². The van der Waals surface area contributed by atoms with E-state index in [-0.39, 0.29) is 36.9 Å². The molecule has 0 fully saturated rings. The fourth-order valence-electron chi connectivity index (χ4n) is 2.18. The first kappa shape index (κ1) is 18.4. The molecule has 0 aliphatic heterocycles. The van der Waals surface area contributed by atoms with Crippen molar-refractivity contribution in [3.05, 3.63) is 52.8 Å². The minimum absolute atomic E-state index is 0.0327. The van der Waals surface area contributed by atoms with Crippen molar-refractivity contribution in [3.8, 4) is 0 Å². The molecule has 0 aliphatic rings. The van der Waals surface area contributed by atoms with Crippen molar-refractivity contribution in [2.45, 2.75) is 27.3 Å². The van der Waals surface area contributed by atoms with E-state index in [1.54, 1.807) is 26.0 Å². The number of esters is 2. The molecule has 0 radical (unpaired) electrons. The Morgan fingerprint density at radius 2 is 1.60 bits per heavy atom. The molecule has 25 heavy (non-hydrogen) atoms. The number of Topliss-reactive ketones (excluding diaryl/α,β-unsaturated/α-hetero) is 1. The summed E-state index contributed by atoms with van der Waals surface area (Å²) < 4.78 is 11.0. The molecule has 0 atom stereocenters. The normalized spacial score (nSPS) is 10.4. The van der Waals surface area contributed by atoms with E-state index in [1.165, 1.54) is 10.7 Å². The Hall–Kier alpha value is -2.96. The van der Waals surface area contributed by atoms with E-state index >= 15 is 0 Å². The Kier molecular flexibility index (Phi) is 6.05. The van der Waals surface area contributed by atoms with E-state index in [2.05, 4.69) is 5.10 Å². The van der Waals surface area contributed by atoms with Gasteiger partial charge in [0.25, 0.3) is 0 Å². The number of benzene rings is 1. The zero-order valence-electron chi connectivity index (χ0n) is 14.4. The third kappa shape index (κ3) is 4.53. The third-order valence-electron chi connectivity index (χ3n) is 3.42. The summed E-state index contributed by atoms with van der Waals surface area (Å²) in [5.74, 6) is -1.54. The standard InChI is InChI=1S/C18H20N2O5/c1-4-24-17(22)14-10-15(18(23)25-5-2)20(19-14)11-16(21)13-8-6-12(3)7-9-13/h6-10H,4-5,11H2,1-3H3. The van der Waals surface area contributed by atoms with Gasteiger partial charge in [-0.2, -0.15) is 5.10 Å². The lowest BCUT2D eigenvalue weighted by molar-refractivity contribution is 0.0505. The number of hydrogen-bond acceptors (Lipinski definition) is 6. The summed E-state index contributed by atoms with van der Waals surface area (Å²) in [6.07, 6.45) is 0. The lowest BCUT2D eigenvalue weighted by atomic mass is 10.1. The Morgan fingerprint density at radius 1 is 1.00 bits per heavy atom. The van der Waals surface area contributed by atoms with Crippen LogP contribution in [0.4, 0.5) is 0 Å². The summed E-state index contributed by atoms with van der Waals surface area (Å²) in [4.78, 5) is 36.4. The van der Waals surface area contributed by atoms with Crippen LogP contribution in [0, 0.1) is 6.92 Å². The maximum atomic E-state index is 12.4. The Morgan fingerprint density at radius 3 is 2.20 bits per heavy atom. The molecule has 0 unspecified atom stereocenters. The minimum Gasteiger partial charge on any atom is -0.461 e. The molecule has 2 rings (SSSR count). The van der Waals surface area contributed by atoms with Gasteiger partial charge in [0.1, 0.15) is 12.2 Å². The van der Waals surface area contributed by atoms with Crippen molar-refractivity contribution < 1.29 is 23.9 Å². The second-order valence-corrected chi connectivity index (χ2v) is 5.30. The second-order valence-electron chi connectivity index (χ2n) is 5.30. The molecule has 0 spiro atoms. The number of rotatable bonds is 7. The molecule has 132 valence electrons. The molecule has 1 aromatic heterocycles. The van der Waals surface area contributed by atoms with E-state index in [9.17, 15) is 14.4 Å². The Balaban J connectivity index is 2.30. The van der Waals surface area contributed by atoms with E-state index in [0.717, 1.165) is 5.56 Å². The fraction of sp³-hybridized carbons (Fsp3) is 0.333.